The van der Waals surface area contributed by atoms with Gasteiger partial charge in [0.2, 0.25) is 0 Å². The Morgan fingerprint density at radius 2 is 2.24 bits per heavy atom. The molecule has 120 valence electrons. The van der Waals surface area contributed by atoms with Crippen molar-refractivity contribution in [2.45, 2.75) is 25.2 Å². The number of nitrogens with one attached hydrogen (secondary N) is 1. The molecule has 1 rings (SSSR count). The lowest BCUT2D eigenvalue weighted by Gasteiger charge is -2.19. The Labute approximate surface area is 123 Å². The fourth-order valence-electron chi connectivity index (χ4n) is 1.62. The van der Waals surface area contributed by atoms with Gasteiger partial charge in [0, 0.05) is 13.7 Å². The van der Waals surface area contributed by atoms with Crippen molar-refractivity contribution in [2.24, 2.45) is 0 Å². The predicted octanol–water partition coefficient (Wildman–Crippen LogP) is 1.27. The Kier molecular flexibility index (Phi) is 6.43. The SMILES string of the molecule is COCC(CCO)Nc1cnn(CC(F)(F)F)c(=O)c1Cl. The number of hydrogen-bond acceptors (Lipinski definition) is 5. The number of hydrogen-bond donors (Lipinski definition) is 2. The second-order valence-corrected chi connectivity index (χ2v) is 4.64. The van der Waals surface area contributed by atoms with Gasteiger partial charge < -0.3 is 15.2 Å². The van der Waals surface area contributed by atoms with Gasteiger partial charge in [-0.05, 0) is 6.42 Å². The summed E-state index contributed by atoms with van der Waals surface area (Å²) < 4.78 is 41.9. The van der Waals surface area contributed by atoms with Crippen LogP contribution in [0.1, 0.15) is 6.42 Å². The number of methoxy groups -OCH3 is 1. The first-order valence-electron chi connectivity index (χ1n) is 5.97. The third kappa shape index (κ3) is 5.52. The number of anilines is 1. The minimum Gasteiger partial charge on any atom is -0.396 e. The summed E-state index contributed by atoms with van der Waals surface area (Å²) in [5.74, 6) is 0. The van der Waals surface area contributed by atoms with Gasteiger partial charge in [-0.15, -0.1) is 0 Å². The number of halogens is 4. The van der Waals surface area contributed by atoms with E-state index in [0.717, 1.165) is 6.20 Å². The highest BCUT2D eigenvalue weighted by Crippen LogP contribution is 2.20. The number of aromatic nitrogens is 2. The van der Waals surface area contributed by atoms with Gasteiger partial charge in [-0.1, -0.05) is 11.6 Å². The van der Waals surface area contributed by atoms with Gasteiger partial charge in [0.25, 0.3) is 5.56 Å². The first kappa shape index (κ1) is 17.7. The van der Waals surface area contributed by atoms with Crippen LogP contribution >= 0.6 is 11.6 Å². The highest BCUT2D eigenvalue weighted by Gasteiger charge is 2.29. The van der Waals surface area contributed by atoms with Crippen LogP contribution in [0.2, 0.25) is 5.02 Å². The molecule has 0 bridgehead atoms. The smallest absolute Gasteiger partial charge is 0.396 e. The van der Waals surface area contributed by atoms with Gasteiger partial charge in [-0.25, -0.2) is 4.68 Å². The van der Waals surface area contributed by atoms with Crippen molar-refractivity contribution in [1.29, 1.82) is 0 Å². The minimum atomic E-state index is -4.56. The van der Waals surface area contributed by atoms with Crippen molar-refractivity contribution in [2.75, 3.05) is 25.6 Å². The lowest BCUT2D eigenvalue weighted by Crippen LogP contribution is -2.32. The maximum absolute atomic E-state index is 12.3. The van der Waals surface area contributed by atoms with Gasteiger partial charge in [0.15, 0.2) is 0 Å². The number of alkyl halides is 3. The van der Waals surface area contributed by atoms with Crippen LogP contribution in [-0.4, -0.2) is 47.4 Å². The molecule has 0 amide bonds. The molecule has 0 saturated carbocycles. The summed E-state index contributed by atoms with van der Waals surface area (Å²) in [5, 5.41) is 14.7. The van der Waals surface area contributed by atoms with E-state index in [9.17, 15) is 18.0 Å². The Morgan fingerprint density at radius 3 is 2.76 bits per heavy atom. The molecule has 0 aliphatic carbocycles. The number of ether oxygens (including phenoxy) is 1. The summed E-state index contributed by atoms with van der Waals surface area (Å²) in [5.41, 5.74) is -0.949. The van der Waals surface area contributed by atoms with E-state index in [4.69, 9.17) is 21.4 Å². The Hall–Kier alpha value is -1.32. The molecule has 6 nitrogen and oxygen atoms in total. The van der Waals surface area contributed by atoms with Crippen molar-refractivity contribution in [3.05, 3.63) is 21.6 Å². The van der Waals surface area contributed by atoms with E-state index < -0.39 is 23.3 Å². The summed E-state index contributed by atoms with van der Waals surface area (Å²) in [7, 11) is 1.45. The zero-order valence-electron chi connectivity index (χ0n) is 11.2. The highest BCUT2D eigenvalue weighted by molar-refractivity contribution is 6.32. The fourth-order valence-corrected chi connectivity index (χ4v) is 1.82. The minimum absolute atomic E-state index is 0.0931. The fraction of sp³-hybridized carbons (Fsp3) is 0.636. The quantitative estimate of drug-likeness (QED) is 0.788. The topological polar surface area (TPSA) is 76.4 Å². The van der Waals surface area contributed by atoms with Crippen LogP contribution in [0.3, 0.4) is 0 Å². The third-order valence-corrected chi connectivity index (χ3v) is 2.88. The monoisotopic (exact) mass is 329 g/mol. The van der Waals surface area contributed by atoms with Gasteiger partial charge in [0.05, 0.1) is 24.5 Å². The molecule has 0 radical (unpaired) electrons. The van der Waals surface area contributed by atoms with E-state index in [2.05, 4.69) is 10.4 Å². The van der Waals surface area contributed by atoms with Gasteiger partial charge in [0.1, 0.15) is 11.6 Å². The molecule has 21 heavy (non-hydrogen) atoms. The van der Waals surface area contributed by atoms with Crippen molar-refractivity contribution >= 4 is 17.3 Å². The van der Waals surface area contributed by atoms with Crippen molar-refractivity contribution < 1.29 is 23.0 Å². The van der Waals surface area contributed by atoms with Crippen LogP contribution in [0, 0.1) is 0 Å². The zero-order chi connectivity index (χ0) is 16.0. The molecule has 1 heterocycles. The van der Waals surface area contributed by atoms with Crippen molar-refractivity contribution in [3.63, 3.8) is 0 Å². The molecule has 1 unspecified atom stereocenters. The number of nitrogens with zero attached hydrogens (tertiary/aromatic N) is 2. The molecule has 0 spiro atoms. The average molecular weight is 330 g/mol. The van der Waals surface area contributed by atoms with Crippen LogP contribution < -0.4 is 10.9 Å². The first-order chi connectivity index (χ1) is 9.78. The normalized spacial score (nSPS) is 13.2. The van der Waals surface area contributed by atoms with Gasteiger partial charge >= 0.3 is 6.18 Å². The molecular weight excluding hydrogens is 315 g/mol. The predicted molar refractivity (Wildman–Crippen MR) is 70.6 cm³/mol. The standard InChI is InChI=1S/C11H15ClF3N3O3/c1-21-5-7(2-3-19)17-8-4-16-18(6-11(13,14)15)10(20)9(8)12/h4,7,17,19H,2-3,5-6H2,1H3. The molecule has 0 fully saturated rings. The molecule has 1 atom stereocenters. The number of rotatable bonds is 7. The molecule has 0 aromatic carbocycles. The maximum atomic E-state index is 12.3. The lowest BCUT2D eigenvalue weighted by molar-refractivity contribution is -0.143. The molecule has 1 aromatic rings. The van der Waals surface area contributed by atoms with E-state index in [-0.39, 0.29) is 29.6 Å². The number of aliphatic hydroxyl groups is 1. The first-order valence-corrected chi connectivity index (χ1v) is 6.35. The van der Waals surface area contributed by atoms with Crippen molar-refractivity contribution in [3.8, 4) is 0 Å². The Bertz CT molecular complexity index is 516. The second kappa shape index (κ2) is 7.62. The molecule has 0 saturated heterocycles. The van der Waals surface area contributed by atoms with Crippen LogP contribution in [0.5, 0.6) is 0 Å². The molecule has 1 aromatic heterocycles. The average Bonchev–Trinajstić information content (AvgIpc) is 2.37. The molecule has 0 aliphatic heterocycles. The highest BCUT2D eigenvalue weighted by atomic mass is 35.5. The molecular formula is C11H15ClF3N3O3. The maximum Gasteiger partial charge on any atom is 0.408 e. The van der Waals surface area contributed by atoms with Crippen LogP contribution in [0.4, 0.5) is 18.9 Å². The summed E-state index contributed by atoms with van der Waals surface area (Å²) in [6.07, 6.45) is -3.21. The van der Waals surface area contributed by atoms with Crippen LogP contribution in [0.15, 0.2) is 11.0 Å². The molecule has 2 N–H and O–H groups in total. The van der Waals surface area contributed by atoms with E-state index >= 15 is 0 Å². The second-order valence-electron chi connectivity index (χ2n) is 4.26. The molecule has 10 heteroatoms. The summed E-state index contributed by atoms with van der Waals surface area (Å²) in [6, 6.07) is -0.350. The van der Waals surface area contributed by atoms with E-state index in [1.54, 1.807) is 0 Å². The van der Waals surface area contributed by atoms with Gasteiger partial charge in [-0.3, -0.25) is 4.79 Å². The lowest BCUT2D eigenvalue weighted by atomic mass is 10.2. The van der Waals surface area contributed by atoms with E-state index in [1.807, 2.05) is 0 Å². The third-order valence-electron chi connectivity index (χ3n) is 2.52. The Balaban J connectivity index is 2.95. The zero-order valence-corrected chi connectivity index (χ0v) is 11.9. The van der Waals surface area contributed by atoms with Crippen LogP contribution in [0.25, 0.3) is 0 Å². The summed E-state index contributed by atoms with van der Waals surface area (Å²) >= 11 is 5.77. The van der Waals surface area contributed by atoms with E-state index in [1.165, 1.54) is 7.11 Å². The summed E-state index contributed by atoms with van der Waals surface area (Å²) in [4.78, 5) is 11.7. The largest absolute Gasteiger partial charge is 0.408 e. The Morgan fingerprint density at radius 1 is 1.57 bits per heavy atom. The number of aliphatic hydroxyl groups excluding tert-OH is 1. The van der Waals surface area contributed by atoms with Crippen LogP contribution in [-0.2, 0) is 11.3 Å². The van der Waals surface area contributed by atoms with Gasteiger partial charge in [-0.2, -0.15) is 18.3 Å². The summed E-state index contributed by atoms with van der Waals surface area (Å²) in [6.45, 7) is -1.41. The van der Waals surface area contributed by atoms with E-state index in [0.29, 0.717) is 6.42 Å². The van der Waals surface area contributed by atoms with Crippen molar-refractivity contribution in [1.82, 2.24) is 9.78 Å². The molecule has 0 aliphatic rings.